The second-order valence-corrected chi connectivity index (χ2v) is 4.17. The van der Waals surface area contributed by atoms with Crippen LogP contribution in [0.1, 0.15) is 0 Å². The zero-order valence-corrected chi connectivity index (χ0v) is 9.71. The first kappa shape index (κ1) is 11.2. The minimum Gasteiger partial charge on any atom is -0.436 e. The first-order valence-corrected chi connectivity index (χ1v) is 5.53. The van der Waals surface area contributed by atoms with Gasteiger partial charge < -0.3 is 4.42 Å². The average molecular weight is 266 g/mol. The lowest BCUT2D eigenvalue weighted by Crippen LogP contribution is -1.79. The third kappa shape index (κ3) is 1.84. The molecule has 1 aromatic heterocycles. The maximum Gasteiger partial charge on any atom is 0.227 e. The zero-order valence-electron chi connectivity index (χ0n) is 8.95. The van der Waals surface area contributed by atoms with E-state index in [4.69, 9.17) is 16.0 Å². The highest BCUT2D eigenvalue weighted by molar-refractivity contribution is 6.31. The molecule has 2 aromatic carbocycles. The van der Waals surface area contributed by atoms with Gasteiger partial charge in [-0.1, -0.05) is 17.7 Å². The number of rotatable bonds is 1. The highest BCUT2D eigenvalue weighted by Gasteiger charge is 2.11. The molecule has 0 spiro atoms. The molecule has 0 aliphatic heterocycles. The summed E-state index contributed by atoms with van der Waals surface area (Å²) >= 11 is 5.65. The van der Waals surface area contributed by atoms with Crippen LogP contribution in [0.3, 0.4) is 0 Å². The molecule has 0 atom stereocenters. The summed E-state index contributed by atoms with van der Waals surface area (Å²) < 4.78 is 31.8. The van der Waals surface area contributed by atoms with E-state index in [1.165, 1.54) is 24.3 Å². The van der Waals surface area contributed by atoms with Crippen molar-refractivity contribution in [2.75, 3.05) is 0 Å². The summed E-state index contributed by atoms with van der Waals surface area (Å²) in [7, 11) is 0. The highest BCUT2D eigenvalue weighted by Crippen LogP contribution is 2.28. The maximum atomic E-state index is 13.3. The van der Waals surface area contributed by atoms with E-state index >= 15 is 0 Å². The molecule has 0 saturated heterocycles. The topological polar surface area (TPSA) is 26.0 Å². The van der Waals surface area contributed by atoms with Crippen LogP contribution in [0.4, 0.5) is 8.78 Å². The van der Waals surface area contributed by atoms with Gasteiger partial charge >= 0.3 is 0 Å². The van der Waals surface area contributed by atoms with E-state index in [2.05, 4.69) is 4.98 Å². The molecule has 3 aromatic rings. The van der Waals surface area contributed by atoms with Crippen molar-refractivity contribution in [1.29, 1.82) is 0 Å². The molecule has 1 heterocycles. The van der Waals surface area contributed by atoms with Gasteiger partial charge in [-0.3, -0.25) is 0 Å². The molecule has 0 aliphatic rings. The monoisotopic (exact) mass is 265 g/mol. The fraction of sp³-hybridized carbons (Fsp3) is 0. The van der Waals surface area contributed by atoms with Gasteiger partial charge in [-0.15, -0.1) is 0 Å². The largest absolute Gasteiger partial charge is 0.436 e. The molecule has 0 N–H and O–H groups in total. The normalized spacial score (nSPS) is 11.1. The number of fused-ring (bicyclic) bond motifs is 1. The van der Waals surface area contributed by atoms with Crippen LogP contribution in [0.25, 0.3) is 22.6 Å². The number of aromatic nitrogens is 1. The predicted octanol–water partition coefficient (Wildman–Crippen LogP) is 4.43. The van der Waals surface area contributed by atoms with Crippen molar-refractivity contribution >= 4 is 22.7 Å². The van der Waals surface area contributed by atoms with E-state index in [0.29, 0.717) is 16.7 Å². The van der Waals surface area contributed by atoms with Gasteiger partial charge in [0.25, 0.3) is 0 Å². The van der Waals surface area contributed by atoms with Gasteiger partial charge in [0.15, 0.2) is 5.58 Å². The maximum absolute atomic E-state index is 13.3. The summed E-state index contributed by atoms with van der Waals surface area (Å²) in [6, 6.07) is 8.36. The van der Waals surface area contributed by atoms with Crippen molar-refractivity contribution < 1.29 is 13.2 Å². The summed E-state index contributed by atoms with van der Waals surface area (Å²) in [5.74, 6) is -0.728. The summed E-state index contributed by atoms with van der Waals surface area (Å²) in [5.41, 5.74) is 1.19. The fourth-order valence-corrected chi connectivity index (χ4v) is 1.82. The van der Waals surface area contributed by atoms with Gasteiger partial charge in [-0.2, -0.15) is 0 Å². The van der Waals surface area contributed by atoms with E-state index in [9.17, 15) is 8.78 Å². The van der Waals surface area contributed by atoms with Crippen LogP contribution in [0, 0.1) is 11.6 Å². The number of benzene rings is 2. The van der Waals surface area contributed by atoms with Crippen molar-refractivity contribution in [2.24, 2.45) is 0 Å². The van der Waals surface area contributed by atoms with Crippen LogP contribution in [0.2, 0.25) is 5.02 Å². The van der Waals surface area contributed by atoms with E-state index in [1.807, 2.05) is 0 Å². The van der Waals surface area contributed by atoms with E-state index in [0.717, 1.165) is 0 Å². The number of hydrogen-bond acceptors (Lipinski definition) is 2. The molecular formula is C13H6ClF2NO. The molecule has 0 saturated carbocycles. The number of nitrogens with zero attached hydrogens (tertiary/aromatic N) is 1. The van der Waals surface area contributed by atoms with Crippen LogP contribution >= 0.6 is 11.6 Å². The van der Waals surface area contributed by atoms with Gasteiger partial charge in [0.1, 0.15) is 17.2 Å². The summed E-state index contributed by atoms with van der Waals surface area (Å²) in [5, 5.41) is -0.0376. The van der Waals surface area contributed by atoms with Crippen molar-refractivity contribution in [3.05, 3.63) is 53.1 Å². The van der Waals surface area contributed by atoms with Crippen LogP contribution in [0.15, 0.2) is 40.8 Å². The molecule has 3 rings (SSSR count). The Labute approximate surface area is 106 Å². The Balaban J connectivity index is 2.19. The SMILES string of the molecule is Fc1cccc(-c2nc3cc(F)c(Cl)cc3o2)c1. The summed E-state index contributed by atoms with van der Waals surface area (Å²) in [6.07, 6.45) is 0. The van der Waals surface area contributed by atoms with Gasteiger partial charge in [-0.25, -0.2) is 13.8 Å². The van der Waals surface area contributed by atoms with Crippen LogP contribution in [0.5, 0.6) is 0 Å². The van der Waals surface area contributed by atoms with E-state index in [1.54, 1.807) is 12.1 Å². The van der Waals surface area contributed by atoms with Crippen molar-refractivity contribution in [1.82, 2.24) is 4.98 Å². The molecule has 2 nitrogen and oxygen atoms in total. The molecular weight excluding hydrogens is 260 g/mol. The Bertz CT molecular complexity index is 700. The standard InChI is InChI=1S/C13H6ClF2NO/c14-9-5-12-11(6-10(9)16)17-13(18-12)7-2-1-3-8(15)4-7/h1-6H. The van der Waals surface area contributed by atoms with E-state index < -0.39 is 5.82 Å². The van der Waals surface area contributed by atoms with Gasteiger partial charge in [0.2, 0.25) is 5.89 Å². The smallest absolute Gasteiger partial charge is 0.227 e. The number of halogens is 3. The average Bonchev–Trinajstić information content (AvgIpc) is 2.73. The Morgan fingerprint density at radius 1 is 1.11 bits per heavy atom. The summed E-state index contributed by atoms with van der Waals surface area (Å²) in [6.45, 7) is 0. The Hall–Kier alpha value is -1.94. The molecule has 0 fully saturated rings. The highest BCUT2D eigenvalue weighted by atomic mass is 35.5. The zero-order chi connectivity index (χ0) is 12.7. The Kier molecular flexibility index (Phi) is 2.52. The molecule has 0 amide bonds. The second-order valence-electron chi connectivity index (χ2n) is 3.76. The molecule has 0 aliphatic carbocycles. The van der Waals surface area contributed by atoms with E-state index in [-0.39, 0.29) is 16.7 Å². The predicted molar refractivity (Wildman–Crippen MR) is 64.4 cm³/mol. The first-order valence-electron chi connectivity index (χ1n) is 5.15. The lowest BCUT2D eigenvalue weighted by atomic mass is 10.2. The van der Waals surface area contributed by atoms with Gasteiger partial charge in [0, 0.05) is 17.7 Å². The quantitative estimate of drug-likeness (QED) is 0.651. The molecule has 5 heteroatoms. The van der Waals surface area contributed by atoms with Gasteiger partial charge in [0.05, 0.1) is 5.02 Å². The van der Waals surface area contributed by atoms with Gasteiger partial charge in [-0.05, 0) is 18.2 Å². The lowest BCUT2D eigenvalue weighted by Gasteiger charge is -1.93. The Morgan fingerprint density at radius 2 is 1.94 bits per heavy atom. The minimum absolute atomic E-state index is 0.0376. The first-order chi connectivity index (χ1) is 8.63. The van der Waals surface area contributed by atoms with Crippen molar-refractivity contribution in [2.45, 2.75) is 0 Å². The fourth-order valence-electron chi connectivity index (χ4n) is 1.67. The molecule has 18 heavy (non-hydrogen) atoms. The van der Waals surface area contributed by atoms with Crippen LogP contribution in [-0.4, -0.2) is 4.98 Å². The lowest BCUT2D eigenvalue weighted by molar-refractivity contribution is 0.608. The third-order valence-electron chi connectivity index (χ3n) is 2.50. The minimum atomic E-state index is -0.566. The third-order valence-corrected chi connectivity index (χ3v) is 2.79. The number of hydrogen-bond donors (Lipinski definition) is 0. The molecule has 0 radical (unpaired) electrons. The Morgan fingerprint density at radius 3 is 2.72 bits per heavy atom. The second kappa shape index (κ2) is 4.07. The molecule has 0 unspecified atom stereocenters. The van der Waals surface area contributed by atoms with Crippen LogP contribution < -0.4 is 0 Å². The number of oxazole rings is 1. The van der Waals surface area contributed by atoms with Crippen LogP contribution in [-0.2, 0) is 0 Å². The summed E-state index contributed by atoms with van der Waals surface area (Å²) in [4.78, 5) is 4.09. The van der Waals surface area contributed by atoms with Crippen molar-refractivity contribution in [3.63, 3.8) is 0 Å². The molecule has 0 bridgehead atoms. The van der Waals surface area contributed by atoms with Crippen molar-refractivity contribution in [3.8, 4) is 11.5 Å². The molecule has 90 valence electrons.